The van der Waals surface area contributed by atoms with Crippen molar-refractivity contribution in [2.24, 2.45) is 0 Å². The van der Waals surface area contributed by atoms with Crippen LogP contribution in [0.4, 0.5) is 0 Å². The molecule has 8 nitrogen and oxygen atoms in total. The Labute approximate surface area is 237 Å². The Hall–Kier alpha value is -3.26. The summed E-state index contributed by atoms with van der Waals surface area (Å²) in [5.41, 5.74) is 9.81. The van der Waals surface area contributed by atoms with Crippen LogP contribution in [-0.2, 0) is 4.79 Å². The standard InChI is InChI=1S/C32H43N7O/c1-19(2)27-28(24-17-39-30(33-18-34-39)21(4)20(24)3)36-26-14-13-25(35-29(26)27)22-9-11-23(12-10-22)37-32(15-7-8-16-32)31(40)38(5)6/h13-14,17-19,22-23,36-37H,7-12,15-16H2,1-6H3. The van der Waals surface area contributed by atoms with E-state index in [1.165, 1.54) is 16.8 Å². The largest absolute Gasteiger partial charge is 0.353 e. The van der Waals surface area contributed by atoms with Crippen molar-refractivity contribution in [3.05, 3.63) is 47.0 Å². The van der Waals surface area contributed by atoms with E-state index in [9.17, 15) is 4.79 Å². The summed E-state index contributed by atoms with van der Waals surface area (Å²) >= 11 is 0. The molecule has 1 amide bonds. The fourth-order valence-electron chi connectivity index (χ4n) is 7.31. The normalized spacial score (nSPS) is 21.1. The Morgan fingerprint density at radius 2 is 1.82 bits per heavy atom. The first-order valence-electron chi connectivity index (χ1n) is 15.0. The maximum Gasteiger partial charge on any atom is 0.242 e. The Balaban J connectivity index is 1.26. The molecule has 4 aromatic heterocycles. The second-order valence-corrected chi connectivity index (χ2v) is 12.7. The van der Waals surface area contributed by atoms with E-state index in [1.54, 1.807) is 11.2 Å². The molecule has 6 rings (SSSR count). The van der Waals surface area contributed by atoms with Crippen molar-refractivity contribution in [1.29, 1.82) is 0 Å². The lowest BCUT2D eigenvalue weighted by atomic mass is 9.82. The SMILES string of the molecule is Cc1c(-c2[nH]c3ccc(C4CCC(NC5(C(=O)N(C)C)CCCC5)CC4)nc3c2C(C)C)cn2ncnc2c1C. The number of nitrogens with zero attached hydrogens (tertiary/aromatic N) is 5. The first-order chi connectivity index (χ1) is 19.2. The van der Waals surface area contributed by atoms with Gasteiger partial charge < -0.3 is 15.2 Å². The lowest BCUT2D eigenvalue weighted by Gasteiger charge is -2.38. The second-order valence-electron chi connectivity index (χ2n) is 12.7. The number of aromatic amines is 1. The summed E-state index contributed by atoms with van der Waals surface area (Å²) in [7, 11) is 3.77. The Bertz CT molecular complexity index is 1550. The summed E-state index contributed by atoms with van der Waals surface area (Å²) in [4.78, 5) is 28.3. The highest BCUT2D eigenvalue weighted by molar-refractivity contribution is 5.89. The first-order valence-corrected chi connectivity index (χ1v) is 15.0. The minimum absolute atomic E-state index is 0.247. The van der Waals surface area contributed by atoms with Crippen molar-refractivity contribution >= 4 is 22.6 Å². The molecule has 4 aromatic rings. The first kappa shape index (κ1) is 26.9. The number of hydrogen-bond donors (Lipinski definition) is 2. The van der Waals surface area contributed by atoms with Gasteiger partial charge in [-0.3, -0.25) is 9.78 Å². The molecule has 0 saturated heterocycles. The number of H-pyrrole nitrogens is 1. The average Bonchev–Trinajstić information content (AvgIpc) is 3.69. The van der Waals surface area contributed by atoms with Gasteiger partial charge in [-0.15, -0.1) is 0 Å². The van der Waals surface area contributed by atoms with E-state index in [-0.39, 0.29) is 11.4 Å². The van der Waals surface area contributed by atoms with Crippen LogP contribution in [0.1, 0.15) is 99.4 Å². The summed E-state index contributed by atoms with van der Waals surface area (Å²) in [5, 5.41) is 8.27. The predicted molar refractivity (Wildman–Crippen MR) is 160 cm³/mol. The fraction of sp³-hybridized carbons (Fsp3) is 0.562. The topological polar surface area (TPSA) is 91.2 Å². The number of aryl methyl sites for hydroxylation is 1. The van der Waals surface area contributed by atoms with Crippen LogP contribution in [0.3, 0.4) is 0 Å². The highest BCUT2D eigenvalue weighted by atomic mass is 16.2. The Morgan fingerprint density at radius 1 is 1.10 bits per heavy atom. The number of hydrogen-bond acceptors (Lipinski definition) is 5. The summed E-state index contributed by atoms with van der Waals surface area (Å²) in [6.45, 7) is 8.79. The molecule has 40 heavy (non-hydrogen) atoms. The molecule has 0 spiro atoms. The van der Waals surface area contributed by atoms with Gasteiger partial charge in [0.05, 0.1) is 22.3 Å². The van der Waals surface area contributed by atoms with Gasteiger partial charge in [0.25, 0.3) is 0 Å². The molecule has 2 aliphatic rings. The molecule has 212 valence electrons. The molecule has 2 fully saturated rings. The van der Waals surface area contributed by atoms with Gasteiger partial charge in [-0.05, 0) is 81.5 Å². The number of carbonyl (C=O) groups excluding carboxylic acids is 1. The van der Waals surface area contributed by atoms with Crippen LogP contribution in [0.5, 0.6) is 0 Å². The van der Waals surface area contributed by atoms with Crippen molar-refractivity contribution in [3.8, 4) is 11.3 Å². The summed E-state index contributed by atoms with van der Waals surface area (Å²) < 4.78 is 1.88. The van der Waals surface area contributed by atoms with Gasteiger partial charge in [0.2, 0.25) is 5.91 Å². The number of fused-ring (bicyclic) bond motifs is 2. The van der Waals surface area contributed by atoms with Gasteiger partial charge in [-0.2, -0.15) is 5.10 Å². The van der Waals surface area contributed by atoms with E-state index < -0.39 is 0 Å². The van der Waals surface area contributed by atoms with Gasteiger partial charge in [0.15, 0.2) is 5.65 Å². The lowest BCUT2D eigenvalue weighted by Crippen LogP contribution is -2.58. The van der Waals surface area contributed by atoms with Crippen LogP contribution in [0.15, 0.2) is 24.7 Å². The third kappa shape index (κ3) is 4.50. The van der Waals surface area contributed by atoms with E-state index in [4.69, 9.17) is 4.98 Å². The highest BCUT2D eigenvalue weighted by Gasteiger charge is 2.43. The zero-order chi connectivity index (χ0) is 28.2. The molecule has 0 aliphatic heterocycles. The molecular formula is C32H43N7O. The van der Waals surface area contributed by atoms with Crippen LogP contribution >= 0.6 is 0 Å². The van der Waals surface area contributed by atoms with Gasteiger partial charge in [-0.1, -0.05) is 26.7 Å². The molecule has 2 aliphatic carbocycles. The van der Waals surface area contributed by atoms with Crippen LogP contribution in [0.25, 0.3) is 27.9 Å². The predicted octanol–water partition coefficient (Wildman–Crippen LogP) is 6.03. The highest BCUT2D eigenvalue weighted by Crippen LogP contribution is 2.40. The Morgan fingerprint density at radius 3 is 2.50 bits per heavy atom. The summed E-state index contributed by atoms with van der Waals surface area (Å²) in [6, 6.07) is 4.83. The van der Waals surface area contributed by atoms with Gasteiger partial charge in [0, 0.05) is 49.1 Å². The van der Waals surface area contributed by atoms with Crippen LogP contribution in [0, 0.1) is 13.8 Å². The van der Waals surface area contributed by atoms with E-state index in [2.05, 4.69) is 66.4 Å². The second kappa shape index (κ2) is 10.3. The monoisotopic (exact) mass is 541 g/mol. The third-order valence-corrected chi connectivity index (χ3v) is 9.57. The van der Waals surface area contributed by atoms with Gasteiger partial charge >= 0.3 is 0 Å². The molecule has 4 heterocycles. The molecule has 2 saturated carbocycles. The minimum atomic E-state index is -0.364. The van der Waals surface area contributed by atoms with Crippen LogP contribution in [-0.4, -0.2) is 61.0 Å². The number of rotatable bonds is 6. The number of aromatic nitrogens is 5. The molecule has 0 unspecified atom stereocenters. The molecular weight excluding hydrogens is 498 g/mol. The molecule has 0 aromatic carbocycles. The van der Waals surface area contributed by atoms with Crippen LogP contribution < -0.4 is 5.32 Å². The van der Waals surface area contributed by atoms with Crippen molar-refractivity contribution in [1.82, 2.24) is 34.8 Å². The zero-order valence-corrected chi connectivity index (χ0v) is 24.8. The summed E-state index contributed by atoms with van der Waals surface area (Å²) in [6.07, 6.45) is 12.2. The molecule has 0 bridgehead atoms. The number of nitrogens with one attached hydrogen (secondary N) is 2. The lowest BCUT2D eigenvalue weighted by molar-refractivity contribution is -0.136. The van der Waals surface area contributed by atoms with E-state index >= 15 is 0 Å². The maximum absolute atomic E-state index is 13.1. The number of amides is 1. The van der Waals surface area contributed by atoms with E-state index in [1.807, 2.05) is 18.6 Å². The van der Waals surface area contributed by atoms with Gasteiger partial charge in [-0.25, -0.2) is 9.50 Å². The minimum Gasteiger partial charge on any atom is -0.353 e. The zero-order valence-electron chi connectivity index (χ0n) is 24.8. The summed E-state index contributed by atoms with van der Waals surface area (Å²) in [5.74, 6) is 1.01. The molecule has 0 radical (unpaired) electrons. The van der Waals surface area contributed by atoms with Crippen molar-refractivity contribution in [2.45, 2.75) is 102 Å². The van der Waals surface area contributed by atoms with Crippen molar-refractivity contribution in [3.63, 3.8) is 0 Å². The number of carbonyl (C=O) groups is 1. The van der Waals surface area contributed by atoms with Crippen molar-refractivity contribution < 1.29 is 4.79 Å². The Kier molecular flexibility index (Phi) is 6.93. The molecule has 2 N–H and O–H groups in total. The third-order valence-electron chi connectivity index (χ3n) is 9.57. The smallest absolute Gasteiger partial charge is 0.242 e. The van der Waals surface area contributed by atoms with E-state index in [0.29, 0.717) is 17.9 Å². The number of likely N-dealkylation sites (N-methyl/N-ethyl adjacent to an activating group) is 1. The maximum atomic E-state index is 13.1. The quantitative estimate of drug-likeness (QED) is 0.311. The number of pyridine rings is 2. The van der Waals surface area contributed by atoms with E-state index in [0.717, 1.165) is 84.9 Å². The van der Waals surface area contributed by atoms with Gasteiger partial charge in [0.1, 0.15) is 6.33 Å². The average molecular weight is 542 g/mol. The van der Waals surface area contributed by atoms with Crippen molar-refractivity contribution in [2.75, 3.05) is 14.1 Å². The molecule has 8 heteroatoms. The molecule has 0 atom stereocenters. The fourth-order valence-corrected chi connectivity index (χ4v) is 7.31. The van der Waals surface area contributed by atoms with Crippen LogP contribution in [0.2, 0.25) is 0 Å².